The molecule has 1 rings (SSSR count). The summed E-state index contributed by atoms with van der Waals surface area (Å²) in [5.74, 6) is -1.39. The molecule has 7 heteroatoms. The van der Waals surface area contributed by atoms with Gasteiger partial charge in [0.15, 0.2) is 0 Å². The highest BCUT2D eigenvalue weighted by molar-refractivity contribution is 5.88. The minimum atomic E-state index is -2.85. The highest BCUT2D eigenvalue weighted by Crippen LogP contribution is 2.20. The first-order valence-electron chi connectivity index (χ1n) is 3.07. The Morgan fingerprint density at radius 3 is 2.54 bits per heavy atom. The molecular formula is C6H6ClF2N2O2-. The Hall–Kier alpha value is -1.17. The maximum Gasteiger partial charge on any atom is 0.339 e. The number of carbonyl (C=O) groups is 1. The summed E-state index contributed by atoms with van der Waals surface area (Å²) in [7, 11) is 1.39. The lowest BCUT2D eigenvalue weighted by Crippen LogP contribution is -3.00. The molecule has 0 aromatic carbocycles. The Morgan fingerprint density at radius 1 is 1.69 bits per heavy atom. The van der Waals surface area contributed by atoms with E-state index in [0.717, 1.165) is 10.9 Å². The second-order valence-corrected chi connectivity index (χ2v) is 2.21. The molecular weight excluding hydrogens is 206 g/mol. The minimum absolute atomic E-state index is 0. The Bertz CT molecular complexity index is 314. The molecule has 4 nitrogen and oxygen atoms in total. The maximum absolute atomic E-state index is 12.1. The quantitative estimate of drug-likeness (QED) is 0.619. The molecule has 0 radical (unpaired) electrons. The van der Waals surface area contributed by atoms with Crippen molar-refractivity contribution in [1.29, 1.82) is 0 Å². The van der Waals surface area contributed by atoms with Crippen LogP contribution in [-0.4, -0.2) is 20.9 Å². The molecule has 0 fully saturated rings. The normalized spacial score (nSPS) is 9.85. The van der Waals surface area contributed by atoms with Crippen molar-refractivity contribution >= 4 is 5.97 Å². The van der Waals surface area contributed by atoms with E-state index in [1.54, 1.807) is 0 Å². The van der Waals surface area contributed by atoms with Crippen molar-refractivity contribution in [2.75, 3.05) is 0 Å². The molecule has 0 saturated carbocycles. The van der Waals surface area contributed by atoms with E-state index in [9.17, 15) is 13.6 Å². The van der Waals surface area contributed by atoms with E-state index in [4.69, 9.17) is 5.11 Å². The molecule has 0 atom stereocenters. The number of aromatic nitrogens is 2. The van der Waals surface area contributed by atoms with E-state index in [1.165, 1.54) is 7.05 Å². The number of nitrogens with zero attached hydrogens (tertiary/aromatic N) is 2. The van der Waals surface area contributed by atoms with Gasteiger partial charge in [0.05, 0.1) is 0 Å². The predicted molar refractivity (Wildman–Crippen MR) is 35.1 cm³/mol. The summed E-state index contributed by atoms with van der Waals surface area (Å²) < 4.78 is 25.2. The standard InChI is InChI=1S/C6H6F2N2O2.ClH/c1-10-2-3(6(11)12)4(9-10)5(7)8;/h2,5H,1H3,(H,11,12);1H/p-1. The summed E-state index contributed by atoms with van der Waals surface area (Å²) in [6, 6.07) is 0. The Morgan fingerprint density at radius 2 is 2.23 bits per heavy atom. The van der Waals surface area contributed by atoms with Crippen LogP contribution >= 0.6 is 0 Å². The number of carboxylic acid groups (broad SMARTS) is 1. The van der Waals surface area contributed by atoms with Gasteiger partial charge in [0.2, 0.25) is 0 Å². The van der Waals surface area contributed by atoms with Crippen LogP contribution in [0.1, 0.15) is 22.5 Å². The average molecular weight is 212 g/mol. The van der Waals surface area contributed by atoms with E-state index in [2.05, 4.69) is 5.10 Å². The van der Waals surface area contributed by atoms with Gasteiger partial charge in [-0.2, -0.15) is 5.10 Å². The zero-order valence-electron chi connectivity index (χ0n) is 6.54. The molecule has 0 aliphatic carbocycles. The first-order chi connectivity index (χ1) is 5.52. The van der Waals surface area contributed by atoms with Crippen molar-refractivity contribution < 1.29 is 31.1 Å². The number of rotatable bonds is 2. The molecule has 0 amide bonds. The van der Waals surface area contributed by atoms with Crippen LogP contribution in [0.5, 0.6) is 0 Å². The minimum Gasteiger partial charge on any atom is -1.00 e. The van der Waals surface area contributed by atoms with Crippen LogP contribution in [0.4, 0.5) is 8.78 Å². The Labute approximate surface area is 78.6 Å². The van der Waals surface area contributed by atoms with E-state index in [0.29, 0.717) is 0 Å². The van der Waals surface area contributed by atoms with Crippen molar-refractivity contribution in [2.45, 2.75) is 6.43 Å². The van der Waals surface area contributed by atoms with Gasteiger partial charge in [-0.25, -0.2) is 13.6 Å². The lowest BCUT2D eigenvalue weighted by atomic mass is 10.2. The summed E-state index contributed by atoms with van der Waals surface area (Å²) in [6.07, 6.45) is -1.80. The van der Waals surface area contributed by atoms with Crippen molar-refractivity contribution in [2.24, 2.45) is 7.05 Å². The highest BCUT2D eigenvalue weighted by atomic mass is 35.5. The second-order valence-electron chi connectivity index (χ2n) is 2.21. The van der Waals surface area contributed by atoms with Gasteiger partial charge in [0.1, 0.15) is 11.3 Å². The van der Waals surface area contributed by atoms with Gasteiger partial charge >= 0.3 is 5.97 Å². The largest absolute Gasteiger partial charge is 1.00 e. The molecule has 1 heterocycles. The molecule has 0 bridgehead atoms. The van der Waals surface area contributed by atoms with Gasteiger partial charge in [0, 0.05) is 13.2 Å². The number of aryl methyl sites for hydroxylation is 1. The summed E-state index contributed by atoms with van der Waals surface area (Å²) >= 11 is 0. The van der Waals surface area contributed by atoms with E-state index in [-0.39, 0.29) is 12.4 Å². The van der Waals surface area contributed by atoms with Gasteiger partial charge in [0.25, 0.3) is 6.43 Å². The number of alkyl halides is 2. The Kier molecular flexibility index (Phi) is 3.80. The van der Waals surface area contributed by atoms with Crippen LogP contribution in [0, 0.1) is 0 Å². The topological polar surface area (TPSA) is 55.1 Å². The molecule has 1 aromatic heterocycles. The lowest BCUT2D eigenvalue weighted by molar-refractivity contribution is -0.0000205. The molecule has 1 aromatic rings. The van der Waals surface area contributed by atoms with Crippen molar-refractivity contribution in [1.82, 2.24) is 9.78 Å². The van der Waals surface area contributed by atoms with Crippen molar-refractivity contribution in [3.05, 3.63) is 17.5 Å². The maximum atomic E-state index is 12.1. The Balaban J connectivity index is 0.00000144. The van der Waals surface area contributed by atoms with Gasteiger partial charge in [-0.1, -0.05) is 0 Å². The molecule has 0 saturated heterocycles. The number of carboxylic acids is 1. The van der Waals surface area contributed by atoms with Crippen LogP contribution in [0.25, 0.3) is 0 Å². The first-order valence-corrected chi connectivity index (χ1v) is 3.07. The molecule has 0 aliphatic rings. The van der Waals surface area contributed by atoms with Crippen LogP contribution in [0.15, 0.2) is 6.20 Å². The van der Waals surface area contributed by atoms with Crippen LogP contribution in [0.3, 0.4) is 0 Å². The summed E-state index contributed by atoms with van der Waals surface area (Å²) in [6.45, 7) is 0. The van der Waals surface area contributed by atoms with E-state index in [1.807, 2.05) is 0 Å². The number of hydrogen-bond donors (Lipinski definition) is 1. The van der Waals surface area contributed by atoms with Crippen LogP contribution < -0.4 is 12.4 Å². The number of hydrogen-bond acceptors (Lipinski definition) is 2. The fraction of sp³-hybridized carbons (Fsp3) is 0.333. The number of aromatic carboxylic acids is 1. The van der Waals surface area contributed by atoms with Gasteiger partial charge in [-0.05, 0) is 0 Å². The SMILES string of the molecule is Cn1cc(C(=O)O)c(C(F)F)n1.[Cl-]. The summed E-state index contributed by atoms with van der Waals surface area (Å²) in [5.41, 5.74) is -1.14. The third-order valence-electron chi connectivity index (χ3n) is 1.29. The predicted octanol–water partition coefficient (Wildman–Crippen LogP) is -1.94. The van der Waals surface area contributed by atoms with Gasteiger partial charge in [-0.15, -0.1) is 0 Å². The fourth-order valence-corrected chi connectivity index (χ4v) is 0.832. The molecule has 74 valence electrons. The fourth-order valence-electron chi connectivity index (χ4n) is 0.832. The zero-order valence-corrected chi connectivity index (χ0v) is 7.29. The molecule has 0 spiro atoms. The zero-order chi connectivity index (χ0) is 9.30. The van der Waals surface area contributed by atoms with Gasteiger partial charge in [-0.3, -0.25) is 4.68 Å². The van der Waals surface area contributed by atoms with E-state index >= 15 is 0 Å². The summed E-state index contributed by atoms with van der Waals surface area (Å²) in [5, 5.41) is 11.8. The van der Waals surface area contributed by atoms with Crippen LogP contribution in [-0.2, 0) is 7.05 Å². The van der Waals surface area contributed by atoms with Crippen molar-refractivity contribution in [3.8, 4) is 0 Å². The van der Waals surface area contributed by atoms with Gasteiger partial charge < -0.3 is 17.5 Å². The lowest BCUT2D eigenvalue weighted by Gasteiger charge is -1.93. The summed E-state index contributed by atoms with van der Waals surface area (Å²) in [4.78, 5) is 10.4. The smallest absolute Gasteiger partial charge is 0.339 e. The average Bonchev–Trinajstić information content (AvgIpc) is 2.31. The third kappa shape index (κ3) is 2.38. The molecule has 1 N–H and O–H groups in total. The molecule has 13 heavy (non-hydrogen) atoms. The first kappa shape index (κ1) is 11.8. The van der Waals surface area contributed by atoms with Crippen LogP contribution in [0.2, 0.25) is 0 Å². The number of halogens is 3. The van der Waals surface area contributed by atoms with E-state index < -0.39 is 23.7 Å². The second kappa shape index (κ2) is 4.18. The third-order valence-corrected chi connectivity index (χ3v) is 1.29. The molecule has 0 aliphatic heterocycles. The monoisotopic (exact) mass is 211 g/mol. The molecule has 0 unspecified atom stereocenters. The van der Waals surface area contributed by atoms with Crippen molar-refractivity contribution in [3.63, 3.8) is 0 Å². The highest BCUT2D eigenvalue weighted by Gasteiger charge is 2.21.